The van der Waals surface area contributed by atoms with Gasteiger partial charge in [0.15, 0.2) is 0 Å². The zero-order valence-corrected chi connectivity index (χ0v) is 109. The summed E-state index contributed by atoms with van der Waals surface area (Å²) < 4.78 is 0. The normalized spacial score (nSPS) is 24.3. The zero-order valence-electron chi connectivity index (χ0n) is 90.4. The van der Waals surface area contributed by atoms with Crippen LogP contribution in [-0.4, -0.2) is 90.5 Å². The molecule has 8 fully saturated rings. The van der Waals surface area contributed by atoms with Crippen molar-refractivity contribution in [2.75, 3.05) is 0 Å². The van der Waals surface area contributed by atoms with E-state index in [1.807, 2.05) is 42.4 Å². The second-order valence-corrected chi connectivity index (χ2v) is 81.5. The van der Waals surface area contributed by atoms with Crippen LogP contribution in [0.15, 0.2) is 388 Å². The van der Waals surface area contributed by atoms with E-state index in [1.165, 1.54) is 166 Å². The Hall–Kier alpha value is -3.54. The van der Waals surface area contributed by atoms with Crippen molar-refractivity contribution in [1.29, 1.82) is 0 Å². The van der Waals surface area contributed by atoms with Crippen molar-refractivity contribution in [2.24, 2.45) is 0 Å². The largest absolute Gasteiger partial charge is 0.144 e. The molecule has 0 bridgehead atoms. The minimum absolute atomic E-state index is 0. The number of hydrogen-bond donors (Lipinski definition) is 0. The van der Waals surface area contributed by atoms with Crippen LogP contribution in [0.3, 0.4) is 0 Å². The first kappa shape index (κ1) is 119. The summed E-state index contributed by atoms with van der Waals surface area (Å²) >= 11 is 0. The van der Waals surface area contributed by atoms with Crippen LogP contribution in [-0.2, 0) is 67.1 Å². The molecular weight excluding hydrogens is 2550 g/mol. The molecule has 0 unspecified atom stereocenters. The summed E-state index contributed by atoms with van der Waals surface area (Å²) in [5.74, 6) is 0. The minimum Gasteiger partial charge on any atom is -0.0620 e. The van der Waals surface area contributed by atoms with Crippen LogP contribution in [0.5, 0.6) is 0 Å². The second-order valence-electron chi connectivity index (χ2n) is 44.4. The third-order valence-corrected chi connectivity index (χ3v) is 77.1. The topological polar surface area (TPSA) is 0 Å². The second kappa shape index (κ2) is 58.7. The summed E-state index contributed by atoms with van der Waals surface area (Å²) in [5.41, 5.74) is 15.6. The molecule has 0 N–H and O–H groups in total. The van der Waals surface area contributed by atoms with E-state index >= 15 is 0 Å². The van der Waals surface area contributed by atoms with Gasteiger partial charge in [-0.15, -0.1) is 0 Å². The van der Waals surface area contributed by atoms with Gasteiger partial charge in [0.25, 0.3) is 0 Å². The van der Waals surface area contributed by atoms with Gasteiger partial charge in [-0.25, -0.2) is 0 Å². The Morgan fingerprint density at radius 1 is 0.122 bits per heavy atom. The van der Waals surface area contributed by atoms with Gasteiger partial charge in [0.05, 0.1) is 90.5 Å². The van der Waals surface area contributed by atoms with Gasteiger partial charge in [-0.2, -0.15) is 0 Å². The molecule has 8 saturated heterocycles. The van der Waals surface area contributed by atoms with E-state index in [1.54, 1.807) is 0 Å². The Morgan fingerprint density at radius 3 is 0.299 bits per heavy atom. The summed E-state index contributed by atoms with van der Waals surface area (Å²) in [5, 5.41) is 32.1. The Labute approximate surface area is 951 Å². The average Bonchev–Trinajstić information content (AvgIpc) is 1.74. The van der Waals surface area contributed by atoms with Gasteiger partial charge in [0.1, 0.15) is 138 Å². The number of hydrogen-bond acceptors (Lipinski definition) is 0. The molecule has 3 radical (unpaired) electrons. The van der Waals surface area contributed by atoms with Gasteiger partial charge in [0.2, 0.25) is 0 Å². The van der Waals surface area contributed by atoms with Crippen molar-refractivity contribution in [2.45, 2.75) is 304 Å². The SMILES string of the molecule is C[C@@H]1CC[C@@H](C)[PH+]1c1ccccc1[PH+]1[C@H](C)CC[C@H]1C.C[C@@H]1CC[C@@H](C)[PH+]1c1ccccc1[PH+]1[C@H](C)CC[C@H]1C.C[C@H]1CC[C@H](C)[PH+]1c1ccccc1[PH+]1[C@@H](C)CC[C@@H]1C.C[C@H]1CC[C@H](C)[PH+]1c1ccccc1[PH+]1[C@@H](C)CC[C@@H]1C.[Au].[Au].[Au].c1ccc([PH+](c2ccccc2)c2ccccc2[PH+](c2ccccc2)c2ccccc2)cc1.c1ccc([PH+](c2ccccc2)c2ccccc2[PH+](c2ccccc2)c2ccccc2)cc1. The predicted octanol–water partition coefficient (Wildman–Crippen LogP) is 27.4. The third-order valence-electron chi connectivity index (χ3n) is 34.4. The zero-order chi connectivity index (χ0) is 100. The van der Waals surface area contributed by atoms with E-state index in [0.29, 0.717) is 0 Å². The maximum atomic E-state index is 2.52. The molecule has 14 aromatic rings. The molecule has 147 heavy (non-hydrogen) atoms. The third kappa shape index (κ3) is 29.2. The van der Waals surface area contributed by atoms with Crippen LogP contribution >= 0.6 is 95.1 Å². The molecule has 0 aliphatic carbocycles. The van der Waals surface area contributed by atoms with Gasteiger partial charge in [-0.05, 0) is 383 Å². The van der Waals surface area contributed by atoms with E-state index < -0.39 is 31.7 Å². The van der Waals surface area contributed by atoms with Gasteiger partial charge in [-0.3, -0.25) is 0 Å². The Kier molecular flexibility index (Phi) is 47.5. The first-order valence-electron chi connectivity index (χ1n) is 55.6. The maximum Gasteiger partial charge on any atom is 0.144 e. The van der Waals surface area contributed by atoms with Crippen LogP contribution in [0, 0.1) is 0 Å². The maximum absolute atomic E-state index is 2.52. The molecule has 8 aliphatic heterocycles. The van der Waals surface area contributed by atoms with Crippen LogP contribution in [0.25, 0.3) is 0 Å². The molecule has 0 nitrogen and oxygen atoms in total. The van der Waals surface area contributed by atoms with E-state index in [2.05, 4.69) is 499 Å². The molecule has 0 saturated carbocycles. The van der Waals surface area contributed by atoms with Crippen molar-refractivity contribution in [3.05, 3.63) is 388 Å². The Balaban J connectivity index is 0.000000141. The van der Waals surface area contributed by atoms with Crippen LogP contribution in [0.4, 0.5) is 0 Å². The quantitative estimate of drug-likeness (QED) is 0.0527. The summed E-state index contributed by atoms with van der Waals surface area (Å²) in [6.45, 7) is 40.3. The van der Waals surface area contributed by atoms with Gasteiger partial charge in [0, 0.05) is 131 Å². The first-order chi connectivity index (χ1) is 70.2. The molecule has 14 aromatic carbocycles. The van der Waals surface area contributed by atoms with Crippen LogP contribution in [0.1, 0.15) is 214 Å². The van der Waals surface area contributed by atoms with Gasteiger partial charge >= 0.3 is 0 Å². The molecule has 16 atom stereocenters. The molecule has 0 spiro atoms. The fourth-order valence-corrected chi connectivity index (χ4v) is 72.0. The van der Waals surface area contributed by atoms with Crippen molar-refractivity contribution < 1.29 is 67.1 Å². The fourth-order valence-electron chi connectivity index (χ4n) is 27.2. The number of benzene rings is 14. The van der Waals surface area contributed by atoms with Crippen molar-refractivity contribution in [1.82, 2.24) is 0 Å². The van der Waals surface area contributed by atoms with E-state index in [4.69, 9.17) is 0 Å². The smallest absolute Gasteiger partial charge is 0.0620 e. The molecule has 8 aliphatic rings. The molecule has 0 amide bonds. The molecule has 8 heterocycles. The van der Waals surface area contributed by atoms with Crippen molar-refractivity contribution in [3.63, 3.8) is 0 Å². The van der Waals surface area contributed by atoms with Gasteiger partial charge in [-0.1, -0.05) is 218 Å². The summed E-state index contributed by atoms with van der Waals surface area (Å²) in [6.07, 6.45) is 23.5. The van der Waals surface area contributed by atoms with Crippen LogP contribution in [0.2, 0.25) is 0 Å². The molecule has 0 aromatic heterocycles. The van der Waals surface area contributed by atoms with Gasteiger partial charge < -0.3 is 0 Å². The average molecular weight is 2720 g/mol. The first-order valence-corrected chi connectivity index (χ1v) is 74.9. The Bertz CT molecular complexity index is 5110. The van der Waals surface area contributed by atoms with Crippen molar-refractivity contribution in [3.8, 4) is 0 Å². The summed E-state index contributed by atoms with van der Waals surface area (Å²) in [6, 6.07) is 145. The number of rotatable bonds is 20. The fraction of sp³-hybridized carbons (Fsp3) is 0.364. The molecule has 22 rings (SSSR count). The molecule has 15 heteroatoms. The van der Waals surface area contributed by atoms with E-state index in [0.717, 1.165) is 90.5 Å². The van der Waals surface area contributed by atoms with E-state index in [-0.39, 0.29) is 131 Å². The molecular formula is C132H172Au3P12+12. The van der Waals surface area contributed by atoms with E-state index in [9.17, 15) is 0 Å². The summed E-state index contributed by atoms with van der Waals surface area (Å²) in [4.78, 5) is 0. The molecule has 781 valence electrons. The predicted molar refractivity (Wildman–Crippen MR) is 688 cm³/mol. The Morgan fingerprint density at radius 2 is 0.204 bits per heavy atom. The summed E-state index contributed by atoms with van der Waals surface area (Å²) in [7, 11) is -7.22. The monoisotopic (exact) mass is 2720 g/mol. The minimum atomic E-state index is -1.14. The van der Waals surface area contributed by atoms with Crippen molar-refractivity contribution >= 4 is 201 Å². The van der Waals surface area contributed by atoms with Crippen LogP contribution < -0.4 is 106 Å². The standard InChI is InChI=1S/2C30H24P2.4C18H28P2.3Au/c2*1-5-15-25(16-6-1)31(26-17-7-2-8-18-26)29-23-13-14-24-30(29)32(27-19-9-3-10-20-27)28-21-11-4-12-22-28;4*1-13-9-10-14(2)19(13)17-7-5-6-8-18(17)20-15(3)11-12-16(20)4;;;/h2*1-24H;4*5-8,13-16H,9-12H2,1-4H3;;;/p+12/t;;4*13-,14-,15-,16-;;;/m..1100.../s1.